The van der Waals surface area contributed by atoms with E-state index in [-0.39, 0.29) is 41.4 Å². The van der Waals surface area contributed by atoms with Gasteiger partial charge in [0.2, 0.25) is 0 Å². The summed E-state index contributed by atoms with van der Waals surface area (Å²) in [6, 6.07) is 13.2. The summed E-state index contributed by atoms with van der Waals surface area (Å²) in [6.07, 6.45) is 2.83. The molecule has 12 nitrogen and oxygen atoms in total. The molecule has 1 aliphatic heterocycles. The van der Waals surface area contributed by atoms with Crippen molar-refractivity contribution in [3.05, 3.63) is 98.9 Å². The maximum atomic E-state index is 12.9. The smallest absolute Gasteiger partial charge is 0.336 e. The first kappa shape index (κ1) is 31.8. The molecule has 224 valence electrons. The van der Waals surface area contributed by atoms with Crippen molar-refractivity contribution in [1.29, 1.82) is 0 Å². The van der Waals surface area contributed by atoms with Crippen LogP contribution in [0.5, 0.6) is 11.5 Å². The third-order valence-electron chi connectivity index (χ3n) is 6.42. The molecule has 0 fully saturated rings. The molecule has 3 rings (SSSR count). The Morgan fingerprint density at radius 2 is 1.67 bits per heavy atom. The molecule has 2 aromatic carbocycles. The third-order valence-corrected chi connectivity index (χ3v) is 6.42. The average molecular weight is 582 g/mol. The molecule has 0 bridgehead atoms. The van der Waals surface area contributed by atoms with Gasteiger partial charge in [-0.25, -0.2) is 9.59 Å². The Hall–Kier alpha value is -4.68. The van der Waals surface area contributed by atoms with Crippen LogP contribution in [0.25, 0.3) is 0 Å². The van der Waals surface area contributed by atoms with Gasteiger partial charge in [0.15, 0.2) is 0 Å². The molecule has 1 aliphatic rings. The molecular weight excluding hydrogens is 546 g/mol. The number of nitro benzene ring substituents is 1. The summed E-state index contributed by atoms with van der Waals surface area (Å²) in [5, 5.41) is 27.8. The van der Waals surface area contributed by atoms with E-state index in [9.17, 15) is 24.8 Å². The molecule has 0 aliphatic carbocycles. The molecule has 0 spiro atoms. The standard InChI is InChI=1S/C30H35N3O9/c1-19-26(29(35)39-3)28(27(20(2)32-19)30(36)40-4)24-16-21(33(37)38)12-13-25(24)41-15-9-8-14-31-17-22(34)18-42-23-10-6-5-7-11-23/h5-13,16,22,28,31-32,34H,14-15,17-18H2,1-4H3/b9-8+/t22-/m0/s1. The van der Waals surface area contributed by atoms with Gasteiger partial charge in [0.1, 0.15) is 30.8 Å². The first-order valence-electron chi connectivity index (χ1n) is 13.2. The van der Waals surface area contributed by atoms with Crippen molar-refractivity contribution in [3.8, 4) is 11.5 Å². The summed E-state index contributed by atoms with van der Waals surface area (Å²) < 4.78 is 21.5. The molecular formula is C30H35N3O9. The van der Waals surface area contributed by atoms with Crippen LogP contribution in [0.2, 0.25) is 0 Å². The monoisotopic (exact) mass is 581 g/mol. The molecule has 1 atom stereocenters. The summed E-state index contributed by atoms with van der Waals surface area (Å²) in [5.74, 6) is -1.55. The maximum absolute atomic E-state index is 12.9. The Bertz CT molecular complexity index is 1330. The highest BCUT2D eigenvalue weighted by molar-refractivity contribution is 6.00. The fourth-order valence-corrected chi connectivity index (χ4v) is 4.46. The quantitative estimate of drug-likeness (QED) is 0.0989. The van der Waals surface area contributed by atoms with Crippen molar-refractivity contribution in [1.82, 2.24) is 10.6 Å². The van der Waals surface area contributed by atoms with E-state index >= 15 is 0 Å². The molecule has 1 heterocycles. The van der Waals surface area contributed by atoms with E-state index in [1.807, 2.05) is 30.3 Å². The number of ether oxygens (including phenoxy) is 4. The van der Waals surface area contributed by atoms with Gasteiger partial charge in [-0.3, -0.25) is 10.1 Å². The van der Waals surface area contributed by atoms with Crippen LogP contribution in [0.4, 0.5) is 5.69 Å². The van der Waals surface area contributed by atoms with Gasteiger partial charge in [-0.1, -0.05) is 30.4 Å². The highest BCUT2D eigenvalue weighted by Gasteiger charge is 2.39. The normalized spacial score (nSPS) is 14.4. The number of dihydropyridines is 1. The van der Waals surface area contributed by atoms with Crippen molar-refractivity contribution < 1.29 is 38.6 Å². The van der Waals surface area contributed by atoms with Crippen LogP contribution in [-0.4, -0.2) is 68.6 Å². The lowest BCUT2D eigenvalue weighted by atomic mass is 9.80. The Morgan fingerprint density at radius 1 is 1.02 bits per heavy atom. The Kier molecular flexibility index (Phi) is 11.6. The number of hydrogen-bond donors (Lipinski definition) is 3. The predicted molar refractivity (Wildman–Crippen MR) is 154 cm³/mol. The van der Waals surface area contributed by atoms with Gasteiger partial charge >= 0.3 is 11.9 Å². The van der Waals surface area contributed by atoms with Crippen molar-refractivity contribution in [2.24, 2.45) is 0 Å². The minimum atomic E-state index is -1.05. The van der Waals surface area contributed by atoms with Crippen molar-refractivity contribution in [2.45, 2.75) is 25.9 Å². The minimum Gasteiger partial charge on any atom is -0.491 e. The summed E-state index contributed by atoms with van der Waals surface area (Å²) in [7, 11) is 2.42. The largest absolute Gasteiger partial charge is 0.491 e. The Balaban J connectivity index is 1.73. The Morgan fingerprint density at radius 3 is 2.26 bits per heavy atom. The van der Waals surface area contributed by atoms with Gasteiger partial charge in [-0.05, 0) is 32.0 Å². The van der Waals surface area contributed by atoms with E-state index in [0.29, 0.717) is 30.2 Å². The fraction of sp³-hybridized carbons (Fsp3) is 0.333. The number of nitrogens with one attached hydrogen (secondary N) is 2. The van der Waals surface area contributed by atoms with Crippen LogP contribution < -0.4 is 20.1 Å². The predicted octanol–water partition coefficient (Wildman–Crippen LogP) is 3.14. The fourth-order valence-electron chi connectivity index (χ4n) is 4.46. The number of esters is 2. The number of carbonyl (C=O) groups is 2. The average Bonchev–Trinajstić information content (AvgIpc) is 2.99. The van der Waals surface area contributed by atoms with Crippen LogP contribution >= 0.6 is 0 Å². The van der Waals surface area contributed by atoms with Gasteiger partial charge in [-0.15, -0.1) is 0 Å². The number of hydrogen-bond acceptors (Lipinski definition) is 11. The number of rotatable bonds is 14. The second-order valence-electron chi connectivity index (χ2n) is 9.32. The van der Waals surface area contributed by atoms with E-state index in [4.69, 9.17) is 18.9 Å². The number of aliphatic hydroxyl groups excluding tert-OH is 1. The second kappa shape index (κ2) is 15.4. The lowest BCUT2D eigenvalue weighted by Gasteiger charge is -2.30. The van der Waals surface area contributed by atoms with Crippen LogP contribution in [0, 0.1) is 10.1 Å². The third kappa shape index (κ3) is 8.18. The van der Waals surface area contributed by atoms with E-state index in [2.05, 4.69) is 10.6 Å². The highest BCUT2D eigenvalue weighted by Crippen LogP contribution is 2.44. The summed E-state index contributed by atoms with van der Waals surface area (Å²) in [5.41, 5.74) is 1.05. The zero-order valence-electron chi connectivity index (χ0n) is 23.9. The van der Waals surface area contributed by atoms with Crippen LogP contribution in [0.3, 0.4) is 0 Å². The number of nitro groups is 1. The van der Waals surface area contributed by atoms with E-state index in [0.717, 1.165) is 0 Å². The Labute approximate surface area is 243 Å². The zero-order valence-corrected chi connectivity index (χ0v) is 23.9. The van der Waals surface area contributed by atoms with Crippen LogP contribution in [-0.2, 0) is 19.1 Å². The van der Waals surface area contributed by atoms with Crippen LogP contribution in [0.1, 0.15) is 25.3 Å². The number of allylic oxidation sites excluding steroid dienone is 2. The highest BCUT2D eigenvalue weighted by atomic mass is 16.6. The summed E-state index contributed by atoms with van der Waals surface area (Å²) in [4.78, 5) is 36.8. The summed E-state index contributed by atoms with van der Waals surface area (Å²) in [6.45, 7) is 4.28. The lowest BCUT2D eigenvalue weighted by Crippen LogP contribution is -2.32. The summed E-state index contributed by atoms with van der Waals surface area (Å²) >= 11 is 0. The van der Waals surface area contributed by atoms with Crippen molar-refractivity contribution in [3.63, 3.8) is 0 Å². The SMILES string of the molecule is COC(=O)C1=C(C)NC(C)=C(C(=O)OC)C1c1cc([N+](=O)[O-])ccc1OC/C=C/CNC[C@H](O)COc1ccccc1. The number of para-hydroxylation sites is 1. The van der Waals surface area contributed by atoms with Gasteiger partial charge in [-0.2, -0.15) is 0 Å². The van der Waals surface area contributed by atoms with Gasteiger partial charge in [0.25, 0.3) is 5.69 Å². The number of aliphatic hydroxyl groups is 1. The molecule has 0 saturated carbocycles. The first-order valence-corrected chi connectivity index (χ1v) is 13.2. The van der Waals surface area contributed by atoms with E-state index in [1.54, 1.807) is 26.0 Å². The number of methoxy groups -OCH3 is 2. The molecule has 12 heteroatoms. The number of nitrogens with zero attached hydrogens (tertiary/aromatic N) is 1. The van der Waals surface area contributed by atoms with Gasteiger partial charge in [0.05, 0.1) is 36.2 Å². The van der Waals surface area contributed by atoms with Crippen molar-refractivity contribution in [2.75, 3.05) is 40.5 Å². The minimum absolute atomic E-state index is 0.0869. The molecule has 0 saturated heterocycles. The molecule has 0 radical (unpaired) electrons. The molecule has 0 amide bonds. The number of benzene rings is 2. The van der Waals surface area contributed by atoms with E-state index in [1.165, 1.54) is 32.4 Å². The molecule has 2 aromatic rings. The van der Waals surface area contributed by atoms with Crippen LogP contribution in [0.15, 0.2) is 83.2 Å². The molecule has 0 aromatic heterocycles. The van der Waals surface area contributed by atoms with Gasteiger partial charge in [0, 0.05) is 42.2 Å². The molecule has 42 heavy (non-hydrogen) atoms. The lowest BCUT2D eigenvalue weighted by molar-refractivity contribution is -0.384. The zero-order chi connectivity index (χ0) is 30.6. The number of non-ortho nitro benzene ring substituents is 1. The molecule has 0 unspecified atom stereocenters. The first-order chi connectivity index (χ1) is 20.2. The second-order valence-corrected chi connectivity index (χ2v) is 9.32. The maximum Gasteiger partial charge on any atom is 0.336 e. The van der Waals surface area contributed by atoms with Crippen molar-refractivity contribution >= 4 is 17.6 Å². The van der Waals surface area contributed by atoms with E-state index < -0.39 is 28.9 Å². The topological polar surface area (TPSA) is 158 Å². The molecule has 3 N–H and O–H groups in total. The van der Waals surface area contributed by atoms with Gasteiger partial charge < -0.3 is 34.7 Å². The number of carbonyl (C=O) groups excluding carboxylic acids is 2.